The summed E-state index contributed by atoms with van der Waals surface area (Å²) in [6, 6.07) is 15.0. The van der Waals surface area contributed by atoms with Gasteiger partial charge in [-0.1, -0.05) is 30.3 Å². The number of hydrogen-bond donors (Lipinski definition) is 1. The van der Waals surface area contributed by atoms with Gasteiger partial charge in [-0.15, -0.1) is 0 Å². The molecule has 0 heterocycles. The fourth-order valence-electron chi connectivity index (χ4n) is 2.01. The predicted molar refractivity (Wildman–Crippen MR) is 99.0 cm³/mol. The van der Waals surface area contributed by atoms with Crippen molar-refractivity contribution in [2.24, 2.45) is 0 Å². The van der Waals surface area contributed by atoms with E-state index in [1.165, 1.54) is 29.8 Å². The van der Waals surface area contributed by atoms with Crippen LogP contribution >= 0.6 is 11.8 Å². The first kappa shape index (κ1) is 19.5. The smallest absolute Gasteiger partial charge is 0.338 e. The number of rotatable bonds is 9. The summed E-state index contributed by atoms with van der Waals surface area (Å²) in [6.45, 7) is 0.0879. The highest BCUT2D eigenvalue weighted by atomic mass is 32.2. The first-order valence-corrected chi connectivity index (χ1v) is 9.01. The number of ether oxygens (including phenoxy) is 1. The Kier molecular flexibility index (Phi) is 7.63. The largest absolute Gasteiger partial charge is 0.452 e. The lowest BCUT2D eigenvalue weighted by Gasteiger charge is -2.07. The number of carbonyl (C=O) groups excluding carboxylic acids is 2. The van der Waals surface area contributed by atoms with Crippen molar-refractivity contribution in [3.63, 3.8) is 0 Å². The number of carbonyl (C=O) groups is 2. The molecular weight excluding hydrogens is 356 g/mol. The van der Waals surface area contributed by atoms with Gasteiger partial charge in [0.2, 0.25) is 0 Å². The lowest BCUT2D eigenvalue weighted by molar-refractivity contribution is -0.384. The van der Waals surface area contributed by atoms with Gasteiger partial charge in [0.05, 0.1) is 10.5 Å². The molecule has 0 radical (unpaired) electrons. The fourth-order valence-corrected chi connectivity index (χ4v) is 2.83. The molecule has 1 N–H and O–H groups in total. The van der Waals surface area contributed by atoms with Crippen LogP contribution in [0.3, 0.4) is 0 Å². The molecule has 0 saturated heterocycles. The molecule has 2 aromatic rings. The topological polar surface area (TPSA) is 98.5 Å². The molecule has 0 saturated carbocycles. The molecule has 0 atom stereocenters. The molecule has 26 heavy (non-hydrogen) atoms. The fraction of sp³-hybridized carbons (Fsp3) is 0.222. The molecule has 0 fully saturated rings. The summed E-state index contributed by atoms with van der Waals surface area (Å²) < 4.78 is 4.89. The third kappa shape index (κ3) is 6.56. The quantitative estimate of drug-likeness (QED) is 0.314. The molecular formula is C18H18N2O5S. The van der Waals surface area contributed by atoms with Gasteiger partial charge in [0.1, 0.15) is 0 Å². The van der Waals surface area contributed by atoms with Gasteiger partial charge >= 0.3 is 5.97 Å². The van der Waals surface area contributed by atoms with E-state index >= 15 is 0 Å². The molecule has 8 heteroatoms. The Labute approximate surface area is 154 Å². The minimum absolute atomic E-state index is 0.118. The van der Waals surface area contributed by atoms with E-state index in [-0.39, 0.29) is 23.8 Å². The second-order valence-corrected chi connectivity index (χ2v) is 6.37. The molecule has 0 bridgehead atoms. The summed E-state index contributed by atoms with van der Waals surface area (Å²) >= 11 is 1.70. The highest BCUT2D eigenvalue weighted by molar-refractivity contribution is 7.98. The van der Waals surface area contributed by atoms with Crippen LogP contribution in [-0.2, 0) is 15.3 Å². The van der Waals surface area contributed by atoms with Crippen LogP contribution in [0.4, 0.5) is 5.69 Å². The van der Waals surface area contributed by atoms with Gasteiger partial charge < -0.3 is 10.1 Å². The SMILES string of the molecule is O=C(COC(=O)c1ccc([N+](=O)[O-])cc1)NCCSCc1ccccc1. The number of esters is 1. The minimum atomic E-state index is -0.700. The molecule has 0 unspecified atom stereocenters. The zero-order chi connectivity index (χ0) is 18.8. The zero-order valence-corrected chi connectivity index (χ0v) is 14.7. The van der Waals surface area contributed by atoms with E-state index in [1.54, 1.807) is 11.8 Å². The summed E-state index contributed by atoms with van der Waals surface area (Å²) in [5.74, 6) is 0.525. The molecule has 0 aliphatic heterocycles. The monoisotopic (exact) mass is 374 g/mol. The van der Waals surface area contributed by atoms with Crippen molar-refractivity contribution in [1.29, 1.82) is 0 Å². The molecule has 0 spiro atoms. The third-order valence-corrected chi connectivity index (χ3v) is 4.36. The van der Waals surface area contributed by atoms with Crippen LogP contribution in [0.2, 0.25) is 0 Å². The number of nitro groups is 1. The maximum absolute atomic E-state index is 11.8. The first-order chi connectivity index (χ1) is 12.6. The highest BCUT2D eigenvalue weighted by Gasteiger charge is 2.12. The summed E-state index contributed by atoms with van der Waals surface area (Å²) in [6.07, 6.45) is 0. The van der Waals surface area contributed by atoms with Gasteiger partial charge in [-0.2, -0.15) is 11.8 Å². The van der Waals surface area contributed by atoms with E-state index in [0.717, 1.165) is 11.5 Å². The summed E-state index contributed by atoms with van der Waals surface area (Å²) in [5, 5.41) is 13.2. The average Bonchev–Trinajstić information content (AvgIpc) is 2.66. The molecule has 2 rings (SSSR count). The van der Waals surface area contributed by atoms with E-state index < -0.39 is 10.9 Å². The van der Waals surface area contributed by atoms with Crippen LogP contribution < -0.4 is 5.32 Å². The molecule has 0 aromatic heterocycles. The van der Waals surface area contributed by atoms with Crippen molar-refractivity contribution in [3.8, 4) is 0 Å². The number of nitrogens with zero attached hydrogens (tertiary/aromatic N) is 1. The maximum atomic E-state index is 11.8. The van der Waals surface area contributed by atoms with Crippen LogP contribution in [0.15, 0.2) is 54.6 Å². The van der Waals surface area contributed by atoms with Crippen molar-refractivity contribution < 1.29 is 19.2 Å². The van der Waals surface area contributed by atoms with Gasteiger partial charge in [-0.05, 0) is 17.7 Å². The number of benzene rings is 2. The molecule has 2 aromatic carbocycles. The Hall–Kier alpha value is -2.87. The van der Waals surface area contributed by atoms with E-state index in [9.17, 15) is 19.7 Å². The Bertz CT molecular complexity index is 750. The van der Waals surface area contributed by atoms with Crippen molar-refractivity contribution in [2.75, 3.05) is 18.9 Å². The molecule has 136 valence electrons. The van der Waals surface area contributed by atoms with Gasteiger partial charge in [0.25, 0.3) is 11.6 Å². The standard InChI is InChI=1S/C18H18N2O5S/c21-17(19-10-11-26-13-14-4-2-1-3-5-14)12-25-18(22)15-6-8-16(9-7-15)20(23)24/h1-9H,10-13H2,(H,19,21). The second kappa shape index (κ2) is 10.2. The lowest BCUT2D eigenvalue weighted by atomic mass is 10.2. The van der Waals surface area contributed by atoms with Gasteiger partial charge in [0, 0.05) is 30.2 Å². The summed E-state index contributed by atoms with van der Waals surface area (Å²) in [7, 11) is 0. The van der Waals surface area contributed by atoms with Crippen molar-refractivity contribution in [2.45, 2.75) is 5.75 Å². The van der Waals surface area contributed by atoms with Crippen LogP contribution in [-0.4, -0.2) is 35.7 Å². The minimum Gasteiger partial charge on any atom is -0.452 e. The molecule has 7 nitrogen and oxygen atoms in total. The van der Waals surface area contributed by atoms with Gasteiger partial charge in [-0.3, -0.25) is 14.9 Å². The normalized spacial score (nSPS) is 10.2. The second-order valence-electron chi connectivity index (χ2n) is 5.27. The lowest BCUT2D eigenvalue weighted by Crippen LogP contribution is -2.30. The van der Waals surface area contributed by atoms with Gasteiger partial charge in [-0.25, -0.2) is 4.79 Å². The Morgan fingerprint density at radius 2 is 1.77 bits per heavy atom. The van der Waals surface area contributed by atoms with Crippen molar-refractivity contribution in [1.82, 2.24) is 5.32 Å². The summed E-state index contributed by atoms with van der Waals surface area (Å²) in [5.41, 5.74) is 1.26. The van der Waals surface area contributed by atoms with Crippen LogP contribution in [0.5, 0.6) is 0 Å². The van der Waals surface area contributed by atoms with Crippen molar-refractivity contribution in [3.05, 3.63) is 75.8 Å². The first-order valence-electron chi connectivity index (χ1n) is 7.86. The number of amides is 1. The number of hydrogen-bond acceptors (Lipinski definition) is 6. The van der Waals surface area contributed by atoms with E-state index in [2.05, 4.69) is 5.32 Å². The zero-order valence-electron chi connectivity index (χ0n) is 13.9. The maximum Gasteiger partial charge on any atom is 0.338 e. The Balaban J connectivity index is 1.62. The van der Waals surface area contributed by atoms with Crippen LogP contribution in [0.25, 0.3) is 0 Å². The highest BCUT2D eigenvalue weighted by Crippen LogP contribution is 2.13. The predicted octanol–water partition coefficient (Wildman–Crippen LogP) is 2.80. The number of nitro benzene ring substituents is 1. The number of non-ortho nitro benzene ring substituents is 1. The van der Waals surface area contributed by atoms with Crippen molar-refractivity contribution >= 4 is 29.3 Å². The Morgan fingerprint density at radius 1 is 1.08 bits per heavy atom. The number of nitrogens with one attached hydrogen (secondary N) is 1. The van der Waals surface area contributed by atoms with Crippen LogP contribution in [0.1, 0.15) is 15.9 Å². The van der Waals surface area contributed by atoms with E-state index in [0.29, 0.717) is 6.54 Å². The van der Waals surface area contributed by atoms with Gasteiger partial charge in [0.15, 0.2) is 6.61 Å². The van der Waals surface area contributed by atoms with Crippen LogP contribution in [0, 0.1) is 10.1 Å². The molecule has 0 aliphatic carbocycles. The summed E-state index contributed by atoms with van der Waals surface area (Å²) in [4.78, 5) is 33.5. The average molecular weight is 374 g/mol. The number of thioether (sulfide) groups is 1. The molecule has 1 amide bonds. The Morgan fingerprint density at radius 3 is 2.42 bits per heavy atom. The third-order valence-electron chi connectivity index (χ3n) is 3.33. The molecule has 0 aliphatic rings. The van der Waals surface area contributed by atoms with E-state index in [1.807, 2.05) is 30.3 Å². The van der Waals surface area contributed by atoms with E-state index in [4.69, 9.17) is 4.74 Å².